The fourth-order valence-corrected chi connectivity index (χ4v) is 4.29. The molecule has 2 heterocycles. The van der Waals surface area contributed by atoms with Crippen LogP contribution in [-0.4, -0.2) is 27.5 Å². The van der Waals surface area contributed by atoms with Crippen molar-refractivity contribution in [1.82, 2.24) is 9.97 Å². The van der Waals surface area contributed by atoms with E-state index in [1.165, 1.54) is 29.4 Å². The van der Waals surface area contributed by atoms with Crippen molar-refractivity contribution in [3.63, 3.8) is 0 Å². The Hall–Kier alpha value is -3.23. The van der Waals surface area contributed by atoms with E-state index >= 15 is 0 Å². The molecule has 2 aromatic carbocycles. The molecule has 6 nitrogen and oxygen atoms in total. The number of thiophene rings is 1. The quantitative estimate of drug-likeness (QED) is 0.350. The molecule has 144 valence electrons. The third-order valence-electron chi connectivity index (χ3n) is 4.04. The molecule has 0 fully saturated rings. The zero-order valence-electron chi connectivity index (χ0n) is 15.2. The smallest absolute Gasteiger partial charge is 0.257 e. The molecule has 0 saturated heterocycles. The Labute approximate surface area is 175 Å². The Balaban J connectivity index is 1.43. The molecule has 4 aromatic rings. The first kappa shape index (κ1) is 19.1. The summed E-state index contributed by atoms with van der Waals surface area (Å²) >= 11 is 2.88. The van der Waals surface area contributed by atoms with E-state index in [0.29, 0.717) is 16.9 Å². The third kappa shape index (κ3) is 4.61. The number of carbonyl (C=O) groups is 2. The van der Waals surface area contributed by atoms with E-state index in [0.717, 1.165) is 15.2 Å². The van der Waals surface area contributed by atoms with Crippen LogP contribution in [0.2, 0.25) is 0 Å². The molecule has 0 spiro atoms. The minimum absolute atomic E-state index is 0.177. The number of thioether (sulfide) groups is 1. The number of carbonyl (C=O) groups excluding carboxylic acids is 2. The molecule has 8 heteroatoms. The molecule has 29 heavy (non-hydrogen) atoms. The van der Waals surface area contributed by atoms with Crippen molar-refractivity contribution < 1.29 is 9.59 Å². The van der Waals surface area contributed by atoms with Gasteiger partial charge in [0.05, 0.1) is 17.0 Å². The molecule has 2 amide bonds. The molecule has 0 atom stereocenters. The van der Waals surface area contributed by atoms with Crippen LogP contribution in [0.25, 0.3) is 10.2 Å². The SMILES string of the molecule is O=C(CSc1ncnc2sccc12)Nc1ccccc1C(=O)Nc1ccccc1. The van der Waals surface area contributed by atoms with Gasteiger partial charge in [-0.15, -0.1) is 11.3 Å². The molecule has 0 aliphatic carbocycles. The summed E-state index contributed by atoms with van der Waals surface area (Å²) in [4.78, 5) is 34.5. The molecule has 2 N–H and O–H groups in total. The molecule has 0 saturated carbocycles. The number of benzene rings is 2. The van der Waals surface area contributed by atoms with Gasteiger partial charge in [-0.05, 0) is 35.7 Å². The lowest BCUT2D eigenvalue weighted by molar-refractivity contribution is -0.113. The maximum Gasteiger partial charge on any atom is 0.257 e. The van der Waals surface area contributed by atoms with Crippen molar-refractivity contribution in [3.8, 4) is 0 Å². The maximum atomic E-state index is 12.6. The largest absolute Gasteiger partial charge is 0.325 e. The van der Waals surface area contributed by atoms with Gasteiger partial charge in [0.15, 0.2) is 0 Å². The van der Waals surface area contributed by atoms with E-state index in [-0.39, 0.29) is 17.6 Å². The van der Waals surface area contributed by atoms with E-state index in [1.807, 2.05) is 41.8 Å². The number of anilines is 2. The van der Waals surface area contributed by atoms with Crippen molar-refractivity contribution in [1.29, 1.82) is 0 Å². The first-order valence-corrected chi connectivity index (χ1v) is 10.6. The van der Waals surface area contributed by atoms with E-state index in [2.05, 4.69) is 20.6 Å². The average Bonchev–Trinajstić information content (AvgIpc) is 3.23. The van der Waals surface area contributed by atoms with E-state index < -0.39 is 0 Å². The molecular weight excluding hydrogens is 404 g/mol. The van der Waals surface area contributed by atoms with Crippen molar-refractivity contribution in [2.45, 2.75) is 5.03 Å². The minimum Gasteiger partial charge on any atom is -0.325 e. The van der Waals surface area contributed by atoms with Crippen LogP contribution in [0, 0.1) is 0 Å². The number of para-hydroxylation sites is 2. The summed E-state index contributed by atoms with van der Waals surface area (Å²) in [6.07, 6.45) is 1.50. The van der Waals surface area contributed by atoms with Crippen LogP contribution in [-0.2, 0) is 4.79 Å². The summed E-state index contributed by atoms with van der Waals surface area (Å²) in [5.74, 6) is -0.316. The monoisotopic (exact) mass is 420 g/mol. The summed E-state index contributed by atoms with van der Waals surface area (Å²) < 4.78 is 0. The van der Waals surface area contributed by atoms with E-state index in [1.54, 1.807) is 24.3 Å². The van der Waals surface area contributed by atoms with Crippen LogP contribution in [0.15, 0.2) is 77.4 Å². The van der Waals surface area contributed by atoms with Gasteiger partial charge in [-0.3, -0.25) is 9.59 Å². The van der Waals surface area contributed by atoms with Gasteiger partial charge >= 0.3 is 0 Å². The van der Waals surface area contributed by atoms with Gasteiger partial charge < -0.3 is 10.6 Å². The Morgan fingerprint density at radius 1 is 0.931 bits per heavy atom. The fraction of sp³-hybridized carbons (Fsp3) is 0.0476. The predicted molar refractivity (Wildman–Crippen MR) is 118 cm³/mol. The molecule has 0 unspecified atom stereocenters. The lowest BCUT2D eigenvalue weighted by Crippen LogP contribution is -2.19. The predicted octanol–water partition coefficient (Wildman–Crippen LogP) is 4.67. The van der Waals surface area contributed by atoms with Crippen LogP contribution in [0.1, 0.15) is 10.4 Å². The summed E-state index contributed by atoms with van der Waals surface area (Å²) in [5, 5.41) is 9.32. The number of fused-ring (bicyclic) bond motifs is 1. The van der Waals surface area contributed by atoms with Gasteiger partial charge in [0.2, 0.25) is 5.91 Å². The summed E-state index contributed by atoms with van der Waals surface area (Å²) in [6.45, 7) is 0. The normalized spacial score (nSPS) is 10.6. The highest BCUT2D eigenvalue weighted by Crippen LogP contribution is 2.27. The van der Waals surface area contributed by atoms with Crippen LogP contribution < -0.4 is 10.6 Å². The molecule has 0 radical (unpaired) electrons. The zero-order chi connectivity index (χ0) is 20.1. The highest BCUT2D eigenvalue weighted by Gasteiger charge is 2.14. The highest BCUT2D eigenvalue weighted by atomic mass is 32.2. The maximum absolute atomic E-state index is 12.6. The average molecular weight is 421 g/mol. The second-order valence-corrected chi connectivity index (χ2v) is 7.88. The fourth-order valence-electron chi connectivity index (χ4n) is 2.71. The van der Waals surface area contributed by atoms with E-state index in [4.69, 9.17) is 0 Å². The first-order valence-electron chi connectivity index (χ1n) is 8.77. The van der Waals surface area contributed by atoms with Crippen LogP contribution in [0.4, 0.5) is 11.4 Å². The number of nitrogens with zero attached hydrogens (tertiary/aromatic N) is 2. The standard InChI is InChI=1S/C21H16N4O2S2/c26-18(12-29-21-16-10-11-28-20(16)22-13-23-21)25-17-9-5-4-8-15(17)19(27)24-14-6-2-1-3-7-14/h1-11,13H,12H2,(H,24,27)(H,25,26). The van der Waals surface area contributed by atoms with Gasteiger partial charge in [-0.25, -0.2) is 9.97 Å². The topological polar surface area (TPSA) is 84.0 Å². The Morgan fingerprint density at radius 2 is 1.72 bits per heavy atom. The third-order valence-corrected chi connectivity index (χ3v) is 5.87. The minimum atomic E-state index is -0.282. The van der Waals surface area contributed by atoms with Crippen LogP contribution in [0.3, 0.4) is 0 Å². The summed E-state index contributed by atoms with van der Waals surface area (Å²) in [5.41, 5.74) is 1.56. The highest BCUT2D eigenvalue weighted by molar-refractivity contribution is 8.00. The number of amides is 2. The molecule has 0 aliphatic rings. The first-order chi connectivity index (χ1) is 14.2. The number of hydrogen-bond donors (Lipinski definition) is 2. The van der Waals surface area contributed by atoms with Gasteiger partial charge in [0, 0.05) is 11.1 Å². The van der Waals surface area contributed by atoms with Crippen molar-refractivity contribution in [2.75, 3.05) is 16.4 Å². The van der Waals surface area contributed by atoms with Gasteiger partial charge in [0.1, 0.15) is 16.2 Å². The van der Waals surface area contributed by atoms with Gasteiger partial charge in [-0.2, -0.15) is 0 Å². The van der Waals surface area contributed by atoms with Crippen molar-refractivity contribution >= 4 is 56.5 Å². The lowest BCUT2D eigenvalue weighted by Gasteiger charge is -2.11. The molecule has 2 aromatic heterocycles. The molecule has 4 rings (SSSR count). The van der Waals surface area contributed by atoms with E-state index in [9.17, 15) is 9.59 Å². The second kappa shape index (κ2) is 8.85. The van der Waals surface area contributed by atoms with Gasteiger partial charge in [-0.1, -0.05) is 42.1 Å². The summed E-state index contributed by atoms with van der Waals surface area (Å²) in [7, 11) is 0. The Morgan fingerprint density at radius 3 is 2.59 bits per heavy atom. The number of nitrogens with one attached hydrogen (secondary N) is 2. The van der Waals surface area contributed by atoms with Crippen molar-refractivity contribution in [3.05, 3.63) is 77.9 Å². The van der Waals surface area contributed by atoms with Crippen LogP contribution >= 0.6 is 23.1 Å². The Bertz CT molecular complexity index is 1160. The van der Waals surface area contributed by atoms with Crippen molar-refractivity contribution in [2.24, 2.45) is 0 Å². The Kier molecular flexibility index (Phi) is 5.83. The molecule has 0 bridgehead atoms. The molecular formula is C21H16N4O2S2. The lowest BCUT2D eigenvalue weighted by atomic mass is 10.1. The number of rotatable bonds is 6. The number of aromatic nitrogens is 2. The number of hydrogen-bond acceptors (Lipinski definition) is 6. The second-order valence-electron chi connectivity index (χ2n) is 6.02. The van der Waals surface area contributed by atoms with Crippen LogP contribution in [0.5, 0.6) is 0 Å². The molecule has 0 aliphatic heterocycles. The van der Waals surface area contributed by atoms with Gasteiger partial charge in [0.25, 0.3) is 5.91 Å². The summed E-state index contributed by atoms with van der Waals surface area (Å²) in [6, 6.07) is 18.1. The zero-order valence-corrected chi connectivity index (χ0v) is 16.8.